The first-order valence-corrected chi connectivity index (χ1v) is 5.84. The summed E-state index contributed by atoms with van der Waals surface area (Å²) in [7, 11) is 1.43. The molecule has 0 atom stereocenters. The van der Waals surface area contributed by atoms with Crippen molar-refractivity contribution in [3.63, 3.8) is 0 Å². The number of hydrogen-bond donors (Lipinski definition) is 0. The van der Waals surface area contributed by atoms with E-state index in [0.717, 1.165) is 0 Å². The lowest BCUT2D eigenvalue weighted by Gasteiger charge is -2.07. The predicted molar refractivity (Wildman–Crippen MR) is 67.8 cm³/mol. The molecule has 0 saturated carbocycles. The maximum Gasteiger partial charge on any atom is 0.194 e. The Hall–Kier alpha value is -2.01. The zero-order valence-electron chi connectivity index (χ0n) is 10.2. The zero-order chi connectivity index (χ0) is 14.9. The fourth-order valence-electron chi connectivity index (χ4n) is 1.65. The highest BCUT2D eigenvalue weighted by atomic mass is 35.5. The van der Waals surface area contributed by atoms with Crippen LogP contribution >= 0.6 is 11.6 Å². The van der Waals surface area contributed by atoms with Crippen LogP contribution in [0, 0.1) is 17.5 Å². The van der Waals surface area contributed by atoms with Gasteiger partial charge >= 0.3 is 0 Å². The molecular formula is C14H8ClF3O2. The number of carbonyl (C=O) groups is 1. The summed E-state index contributed by atoms with van der Waals surface area (Å²) in [6.07, 6.45) is 0. The van der Waals surface area contributed by atoms with Gasteiger partial charge < -0.3 is 4.74 Å². The van der Waals surface area contributed by atoms with Gasteiger partial charge in [-0.3, -0.25) is 4.79 Å². The number of hydrogen-bond acceptors (Lipinski definition) is 2. The lowest BCUT2D eigenvalue weighted by Crippen LogP contribution is -2.05. The van der Waals surface area contributed by atoms with Crippen LogP contribution in [0.25, 0.3) is 0 Å². The maximum atomic E-state index is 13.1. The summed E-state index contributed by atoms with van der Waals surface area (Å²) in [6.45, 7) is 0. The van der Waals surface area contributed by atoms with Gasteiger partial charge in [0.2, 0.25) is 0 Å². The Balaban J connectivity index is 2.46. The topological polar surface area (TPSA) is 26.3 Å². The summed E-state index contributed by atoms with van der Waals surface area (Å²) >= 11 is 5.90. The van der Waals surface area contributed by atoms with E-state index in [1.807, 2.05) is 0 Å². The van der Waals surface area contributed by atoms with Crippen molar-refractivity contribution in [3.8, 4) is 5.75 Å². The van der Waals surface area contributed by atoms with Crippen molar-refractivity contribution in [1.29, 1.82) is 0 Å². The number of rotatable bonds is 3. The lowest BCUT2D eigenvalue weighted by atomic mass is 10.0. The van der Waals surface area contributed by atoms with Crippen LogP contribution in [-0.4, -0.2) is 12.9 Å². The summed E-state index contributed by atoms with van der Waals surface area (Å²) < 4.78 is 44.0. The van der Waals surface area contributed by atoms with Gasteiger partial charge in [-0.2, -0.15) is 0 Å². The van der Waals surface area contributed by atoms with Gasteiger partial charge in [-0.15, -0.1) is 0 Å². The first-order chi connectivity index (χ1) is 9.43. The molecule has 0 radical (unpaired) electrons. The molecule has 0 unspecified atom stereocenters. The highest BCUT2D eigenvalue weighted by Crippen LogP contribution is 2.25. The second kappa shape index (κ2) is 5.54. The Morgan fingerprint density at radius 1 is 1.10 bits per heavy atom. The van der Waals surface area contributed by atoms with E-state index >= 15 is 0 Å². The summed E-state index contributed by atoms with van der Waals surface area (Å²) in [5.41, 5.74) is -0.286. The van der Waals surface area contributed by atoms with Gasteiger partial charge in [-0.05, 0) is 30.3 Å². The Morgan fingerprint density at radius 2 is 1.70 bits per heavy atom. The van der Waals surface area contributed by atoms with E-state index in [0.29, 0.717) is 17.9 Å². The maximum absolute atomic E-state index is 13.1. The minimum Gasteiger partial charge on any atom is -0.497 e. The highest BCUT2D eigenvalue weighted by molar-refractivity contribution is 6.35. The average Bonchev–Trinajstić information content (AvgIpc) is 2.43. The van der Waals surface area contributed by atoms with Gasteiger partial charge in [0.15, 0.2) is 23.2 Å². The van der Waals surface area contributed by atoms with E-state index in [1.54, 1.807) is 0 Å². The quantitative estimate of drug-likeness (QED) is 0.633. The summed E-state index contributed by atoms with van der Waals surface area (Å²) in [6, 6.07) is 5.49. The van der Waals surface area contributed by atoms with Gasteiger partial charge in [0.1, 0.15) is 5.75 Å². The van der Waals surface area contributed by atoms with Gasteiger partial charge in [0, 0.05) is 11.1 Å². The minimum atomic E-state index is -1.62. The van der Waals surface area contributed by atoms with Crippen LogP contribution in [0.5, 0.6) is 5.75 Å². The molecule has 0 heterocycles. The molecule has 0 bridgehead atoms. The molecule has 2 aromatic rings. The van der Waals surface area contributed by atoms with Crippen molar-refractivity contribution in [2.45, 2.75) is 0 Å². The van der Waals surface area contributed by atoms with E-state index < -0.39 is 23.2 Å². The average molecular weight is 301 g/mol. The smallest absolute Gasteiger partial charge is 0.194 e. The molecule has 0 N–H and O–H groups in total. The summed E-state index contributed by atoms with van der Waals surface area (Å²) in [5.74, 6) is -4.77. The van der Waals surface area contributed by atoms with E-state index in [2.05, 4.69) is 0 Å². The third-order valence-electron chi connectivity index (χ3n) is 2.67. The second-order valence-electron chi connectivity index (χ2n) is 3.93. The van der Waals surface area contributed by atoms with Gasteiger partial charge in [0.05, 0.1) is 12.1 Å². The Kier molecular flexibility index (Phi) is 3.99. The molecule has 0 aliphatic rings. The van der Waals surface area contributed by atoms with E-state index in [9.17, 15) is 18.0 Å². The van der Waals surface area contributed by atoms with E-state index in [-0.39, 0.29) is 16.1 Å². The first-order valence-electron chi connectivity index (χ1n) is 5.47. The molecule has 104 valence electrons. The van der Waals surface area contributed by atoms with Crippen molar-refractivity contribution < 1.29 is 22.7 Å². The fourth-order valence-corrected chi connectivity index (χ4v) is 1.91. The number of halogens is 4. The number of carbonyl (C=O) groups excluding carboxylic acids is 1. The van der Waals surface area contributed by atoms with Crippen LogP contribution in [0.15, 0.2) is 30.3 Å². The van der Waals surface area contributed by atoms with Crippen LogP contribution in [-0.2, 0) is 0 Å². The van der Waals surface area contributed by atoms with E-state index in [1.165, 1.54) is 25.3 Å². The van der Waals surface area contributed by atoms with Crippen LogP contribution in [0.2, 0.25) is 5.02 Å². The molecule has 0 aliphatic carbocycles. The second-order valence-corrected chi connectivity index (χ2v) is 4.34. The molecular weight excluding hydrogens is 293 g/mol. The van der Waals surface area contributed by atoms with Crippen molar-refractivity contribution >= 4 is 17.4 Å². The fraction of sp³-hybridized carbons (Fsp3) is 0.0714. The van der Waals surface area contributed by atoms with Crippen LogP contribution in [0.1, 0.15) is 15.9 Å². The summed E-state index contributed by atoms with van der Waals surface area (Å²) in [4.78, 5) is 12.1. The monoisotopic (exact) mass is 300 g/mol. The van der Waals surface area contributed by atoms with Crippen LogP contribution < -0.4 is 4.74 Å². The number of methoxy groups -OCH3 is 1. The Labute approximate surface area is 117 Å². The first kappa shape index (κ1) is 14.4. The molecule has 2 rings (SSSR count). The minimum absolute atomic E-state index is 0.0397. The molecule has 0 aliphatic heterocycles. The molecule has 2 nitrogen and oxygen atoms in total. The largest absolute Gasteiger partial charge is 0.497 e. The number of ether oxygens (including phenoxy) is 1. The molecule has 0 spiro atoms. The molecule has 0 saturated heterocycles. The Morgan fingerprint density at radius 3 is 2.20 bits per heavy atom. The van der Waals surface area contributed by atoms with E-state index in [4.69, 9.17) is 16.3 Å². The van der Waals surface area contributed by atoms with Gasteiger partial charge in [-0.1, -0.05) is 11.6 Å². The SMILES string of the molecule is COc1ccc(C(=O)c2cc(F)c(F)c(F)c2)c(Cl)c1. The van der Waals surface area contributed by atoms with Crippen molar-refractivity contribution in [3.05, 3.63) is 63.9 Å². The zero-order valence-corrected chi connectivity index (χ0v) is 11.0. The summed E-state index contributed by atoms with van der Waals surface area (Å²) in [5, 5.41) is 0.0690. The molecule has 0 fully saturated rings. The third-order valence-corrected chi connectivity index (χ3v) is 2.98. The van der Waals surface area contributed by atoms with Crippen molar-refractivity contribution in [1.82, 2.24) is 0 Å². The standard InChI is InChI=1S/C14H8ClF3O2/c1-20-8-2-3-9(10(15)6-8)14(19)7-4-11(16)13(18)12(17)5-7/h2-6H,1H3. The lowest BCUT2D eigenvalue weighted by molar-refractivity contribution is 0.103. The van der Waals surface area contributed by atoms with Gasteiger partial charge in [-0.25, -0.2) is 13.2 Å². The highest BCUT2D eigenvalue weighted by Gasteiger charge is 2.18. The van der Waals surface area contributed by atoms with Crippen molar-refractivity contribution in [2.75, 3.05) is 7.11 Å². The van der Waals surface area contributed by atoms with Crippen LogP contribution in [0.3, 0.4) is 0 Å². The molecule has 2 aromatic carbocycles. The van der Waals surface area contributed by atoms with Gasteiger partial charge in [0.25, 0.3) is 0 Å². The predicted octanol–water partition coefficient (Wildman–Crippen LogP) is 4.00. The van der Waals surface area contributed by atoms with Crippen LogP contribution in [0.4, 0.5) is 13.2 Å². The third kappa shape index (κ3) is 2.63. The molecule has 0 amide bonds. The molecule has 20 heavy (non-hydrogen) atoms. The normalized spacial score (nSPS) is 10.4. The number of ketones is 1. The Bertz CT molecular complexity index is 663. The van der Waals surface area contributed by atoms with Crippen molar-refractivity contribution in [2.24, 2.45) is 0 Å². The molecule has 0 aromatic heterocycles. The number of benzene rings is 2. The molecule has 6 heteroatoms.